The highest BCUT2D eigenvalue weighted by Crippen LogP contribution is 1.93. The molecule has 0 aliphatic heterocycles. The summed E-state index contributed by atoms with van der Waals surface area (Å²) in [5.41, 5.74) is 0. The monoisotopic (exact) mass is 157 g/mol. The van der Waals surface area contributed by atoms with Crippen LogP contribution in [0.3, 0.4) is 0 Å². The molecular weight excluding hydrogens is 142 g/mol. The minimum Gasteiger partial charge on any atom is -0.349 e. The standard InChI is InChI=1S/C8H15NO2/c1-3-4-5-8(11)6-9-7(2)10/h3-6H2,1-2H3,(H,9,10). The van der Waals surface area contributed by atoms with E-state index in [-0.39, 0.29) is 18.2 Å². The third-order valence-electron chi connectivity index (χ3n) is 1.34. The van der Waals surface area contributed by atoms with Gasteiger partial charge in [-0.25, -0.2) is 0 Å². The van der Waals surface area contributed by atoms with E-state index in [0.29, 0.717) is 6.42 Å². The zero-order valence-electron chi connectivity index (χ0n) is 7.14. The molecule has 0 spiro atoms. The van der Waals surface area contributed by atoms with E-state index in [1.165, 1.54) is 6.92 Å². The number of ketones is 1. The summed E-state index contributed by atoms with van der Waals surface area (Å²) < 4.78 is 0. The second-order valence-corrected chi connectivity index (χ2v) is 2.55. The van der Waals surface area contributed by atoms with Crippen LogP contribution in [0.2, 0.25) is 0 Å². The molecular formula is C8H15NO2. The average Bonchev–Trinajstić information content (AvgIpc) is 1.97. The fourth-order valence-corrected chi connectivity index (χ4v) is 0.685. The smallest absolute Gasteiger partial charge is 0.217 e. The van der Waals surface area contributed by atoms with Crippen molar-refractivity contribution in [2.45, 2.75) is 33.1 Å². The molecule has 0 saturated carbocycles. The van der Waals surface area contributed by atoms with Crippen LogP contribution in [-0.4, -0.2) is 18.2 Å². The van der Waals surface area contributed by atoms with Crippen molar-refractivity contribution in [2.24, 2.45) is 0 Å². The maximum Gasteiger partial charge on any atom is 0.217 e. The number of rotatable bonds is 5. The van der Waals surface area contributed by atoms with Gasteiger partial charge in [0.05, 0.1) is 6.54 Å². The number of unbranched alkanes of at least 4 members (excludes halogenated alkanes) is 1. The van der Waals surface area contributed by atoms with Gasteiger partial charge in [0.15, 0.2) is 5.78 Å². The summed E-state index contributed by atoms with van der Waals surface area (Å²) in [7, 11) is 0. The number of carbonyl (C=O) groups excluding carboxylic acids is 2. The topological polar surface area (TPSA) is 46.2 Å². The van der Waals surface area contributed by atoms with Crippen molar-refractivity contribution < 1.29 is 9.59 Å². The Hall–Kier alpha value is -0.860. The summed E-state index contributed by atoms with van der Waals surface area (Å²) in [5.74, 6) is -0.0306. The molecule has 0 aromatic heterocycles. The quantitative estimate of drug-likeness (QED) is 0.644. The molecule has 11 heavy (non-hydrogen) atoms. The summed E-state index contributed by atoms with van der Waals surface area (Å²) >= 11 is 0. The lowest BCUT2D eigenvalue weighted by Crippen LogP contribution is -2.26. The van der Waals surface area contributed by atoms with Crippen LogP contribution in [0.25, 0.3) is 0 Å². The largest absolute Gasteiger partial charge is 0.349 e. The van der Waals surface area contributed by atoms with Crippen molar-refractivity contribution >= 4 is 11.7 Å². The SMILES string of the molecule is CCCCC(=O)CNC(C)=O. The Kier molecular flexibility index (Phi) is 5.43. The Labute approximate surface area is 67.2 Å². The second-order valence-electron chi connectivity index (χ2n) is 2.55. The molecule has 3 nitrogen and oxygen atoms in total. The van der Waals surface area contributed by atoms with Crippen molar-refractivity contribution in [1.29, 1.82) is 0 Å². The maximum atomic E-state index is 10.9. The highest BCUT2D eigenvalue weighted by molar-refractivity contribution is 5.85. The van der Waals surface area contributed by atoms with Gasteiger partial charge in [-0.05, 0) is 6.42 Å². The number of Topliss-reactive ketones (excluding diaryl/α,β-unsaturated/α-hetero) is 1. The lowest BCUT2D eigenvalue weighted by Gasteiger charge is -1.99. The molecule has 3 heteroatoms. The second kappa shape index (κ2) is 5.89. The van der Waals surface area contributed by atoms with Gasteiger partial charge in [-0.1, -0.05) is 13.3 Å². The molecule has 0 bridgehead atoms. The fraction of sp³-hybridized carbons (Fsp3) is 0.750. The lowest BCUT2D eigenvalue weighted by atomic mass is 10.2. The zero-order chi connectivity index (χ0) is 8.69. The Morgan fingerprint density at radius 2 is 2.00 bits per heavy atom. The Balaban J connectivity index is 3.30. The molecule has 0 fully saturated rings. The van der Waals surface area contributed by atoms with Gasteiger partial charge >= 0.3 is 0 Å². The van der Waals surface area contributed by atoms with Crippen LogP contribution in [0, 0.1) is 0 Å². The average molecular weight is 157 g/mol. The molecule has 0 atom stereocenters. The number of carbonyl (C=O) groups is 2. The molecule has 0 rings (SSSR count). The summed E-state index contributed by atoms with van der Waals surface area (Å²) in [6, 6.07) is 0. The van der Waals surface area contributed by atoms with Crippen molar-refractivity contribution in [3.8, 4) is 0 Å². The van der Waals surface area contributed by atoms with Crippen LogP contribution in [0.15, 0.2) is 0 Å². The molecule has 0 radical (unpaired) electrons. The van der Waals surface area contributed by atoms with E-state index in [0.717, 1.165) is 12.8 Å². The number of hydrogen-bond acceptors (Lipinski definition) is 2. The molecule has 0 unspecified atom stereocenters. The number of nitrogens with one attached hydrogen (secondary N) is 1. The third-order valence-corrected chi connectivity index (χ3v) is 1.34. The van der Waals surface area contributed by atoms with Gasteiger partial charge in [0.1, 0.15) is 0 Å². The van der Waals surface area contributed by atoms with E-state index < -0.39 is 0 Å². The van der Waals surface area contributed by atoms with E-state index in [2.05, 4.69) is 5.32 Å². The summed E-state index contributed by atoms with van der Waals surface area (Å²) in [6.07, 6.45) is 2.51. The summed E-state index contributed by atoms with van der Waals surface area (Å²) in [4.78, 5) is 21.3. The van der Waals surface area contributed by atoms with E-state index >= 15 is 0 Å². The summed E-state index contributed by atoms with van der Waals surface area (Å²) in [5, 5.41) is 2.47. The fourth-order valence-electron chi connectivity index (χ4n) is 0.685. The van der Waals surface area contributed by atoms with Gasteiger partial charge in [0.25, 0.3) is 0 Å². The van der Waals surface area contributed by atoms with E-state index in [4.69, 9.17) is 0 Å². The minimum atomic E-state index is -0.144. The van der Waals surface area contributed by atoms with Gasteiger partial charge in [-0.2, -0.15) is 0 Å². The van der Waals surface area contributed by atoms with Crippen molar-refractivity contribution in [3.05, 3.63) is 0 Å². The first-order valence-corrected chi connectivity index (χ1v) is 3.93. The number of hydrogen-bond donors (Lipinski definition) is 1. The van der Waals surface area contributed by atoms with Gasteiger partial charge in [0.2, 0.25) is 5.91 Å². The van der Waals surface area contributed by atoms with Crippen LogP contribution >= 0.6 is 0 Å². The predicted octanol–water partition coefficient (Wildman–Crippen LogP) is 0.882. The first-order valence-electron chi connectivity index (χ1n) is 3.93. The molecule has 0 aliphatic rings. The van der Waals surface area contributed by atoms with E-state index in [9.17, 15) is 9.59 Å². The highest BCUT2D eigenvalue weighted by atomic mass is 16.2. The third kappa shape index (κ3) is 7.03. The Morgan fingerprint density at radius 3 is 2.45 bits per heavy atom. The van der Waals surface area contributed by atoms with Gasteiger partial charge < -0.3 is 5.32 Å². The molecule has 64 valence electrons. The first-order chi connectivity index (χ1) is 5.16. The van der Waals surface area contributed by atoms with Crippen molar-refractivity contribution in [1.82, 2.24) is 5.32 Å². The summed E-state index contributed by atoms with van der Waals surface area (Å²) in [6.45, 7) is 3.63. The van der Waals surface area contributed by atoms with Gasteiger partial charge in [0, 0.05) is 13.3 Å². The number of amides is 1. The molecule has 1 N–H and O–H groups in total. The Morgan fingerprint density at radius 1 is 1.36 bits per heavy atom. The van der Waals surface area contributed by atoms with Crippen LogP contribution in [0.1, 0.15) is 33.1 Å². The lowest BCUT2D eigenvalue weighted by molar-refractivity contribution is -0.123. The Bertz CT molecular complexity index is 143. The van der Waals surface area contributed by atoms with Gasteiger partial charge in [-0.15, -0.1) is 0 Å². The zero-order valence-corrected chi connectivity index (χ0v) is 7.14. The predicted molar refractivity (Wildman–Crippen MR) is 43.2 cm³/mol. The van der Waals surface area contributed by atoms with Crippen LogP contribution in [0.4, 0.5) is 0 Å². The molecule has 0 aromatic rings. The maximum absolute atomic E-state index is 10.9. The first kappa shape index (κ1) is 10.1. The molecule has 0 heterocycles. The minimum absolute atomic E-state index is 0.113. The van der Waals surface area contributed by atoms with Gasteiger partial charge in [-0.3, -0.25) is 9.59 Å². The molecule has 0 aromatic carbocycles. The van der Waals surface area contributed by atoms with Crippen LogP contribution in [-0.2, 0) is 9.59 Å². The van der Waals surface area contributed by atoms with Crippen LogP contribution < -0.4 is 5.32 Å². The molecule has 0 saturated heterocycles. The van der Waals surface area contributed by atoms with E-state index in [1.807, 2.05) is 6.92 Å². The van der Waals surface area contributed by atoms with Crippen LogP contribution in [0.5, 0.6) is 0 Å². The van der Waals surface area contributed by atoms with Crippen molar-refractivity contribution in [3.63, 3.8) is 0 Å². The van der Waals surface area contributed by atoms with Crippen molar-refractivity contribution in [2.75, 3.05) is 6.54 Å². The normalized spacial score (nSPS) is 9.27. The van der Waals surface area contributed by atoms with E-state index in [1.54, 1.807) is 0 Å². The molecule has 1 amide bonds. The highest BCUT2D eigenvalue weighted by Gasteiger charge is 2.00. The molecule has 0 aliphatic carbocycles.